The highest BCUT2D eigenvalue weighted by Gasteiger charge is 2.15. The predicted octanol–water partition coefficient (Wildman–Crippen LogP) is 6.70. The van der Waals surface area contributed by atoms with E-state index in [1.54, 1.807) is 23.1 Å². The van der Waals surface area contributed by atoms with Crippen molar-refractivity contribution in [3.05, 3.63) is 57.2 Å². The summed E-state index contributed by atoms with van der Waals surface area (Å²) in [6.07, 6.45) is 2.29. The van der Waals surface area contributed by atoms with Gasteiger partial charge in [-0.25, -0.2) is 4.98 Å². The molecule has 0 aliphatic heterocycles. The second-order valence-corrected chi connectivity index (χ2v) is 9.70. The van der Waals surface area contributed by atoms with Crippen LogP contribution in [-0.2, 0) is 18.7 Å². The Morgan fingerprint density at radius 1 is 1.03 bits per heavy atom. The number of nitrogens with zero attached hydrogens (tertiary/aromatic N) is 4. The Morgan fingerprint density at radius 3 is 2.72 bits per heavy atom. The SMILES string of the molecule is CCCc1cc(-c2nnc(SCc3csc(-c4cccc(C)c4)n3)n2CC)cs1. The molecule has 3 aromatic heterocycles. The van der Waals surface area contributed by atoms with Gasteiger partial charge in [-0.2, -0.15) is 0 Å². The molecule has 7 heteroatoms. The second kappa shape index (κ2) is 9.24. The van der Waals surface area contributed by atoms with E-state index < -0.39 is 0 Å². The number of aromatic nitrogens is 4. The van der Waals surface area contributed by atoms with Crippen LogP contribution in [0.1, 0.15) is 36.4 Å². The fourth-order valence-corrected chi connectivity index (χ4v) is 5.98. The zero-order chi connectivity index (χ0) is 20.2. The molecule has 0 bridgehead atoms. The first-order valence-electron chi connectivity index (χ1n) is 9.83. The van der Waals surface area contributed by atoms with E-state index in [1.165, 1.54) is 28.0 Å². The third kappa shape index (κ3) is 4.63. The van der Waals surface area contributed by atoms with Gasteiger partial charge in [0, 0.05) is 39.1 Å². The van der Waals surface area contributed by atoms with Crippen molar-refractivity contribution >= 4 is 34.4 Å². The lowest BCUT2D eigenvalue weighted by atomic mass is 10.1. The van der Waals surface area contributed by atoms with E-state index in [-0.39, 0.29) is 0 Å². The number of thiophene rings is 1. The first-order chi connectivity index (χ1) is 14.2. The molecule has 0 saturated carbocycles. The Balaban J connectivity index is 1.48. The Labute approximate surface area is 184 Å². The largest absolute Gasteiger partial charge is 0.302 e. The monoisotopic (exact) mass is 440 g/mol. The number of rotatable bonds is 8. The minimum absolute atomic E-state index is 0.797. The molecule has 0 fully saturated rings. The highest BCUT2D eigenvalue weighted by Crippen LogP contribution is 2.31. The molecule has 0 atom stereocenters. The van der Waals surface area contributed by atoms with Crippen LogP contribution in [0.4, 0.5) is 0 Å². The lowest BCUT2D eigenvalue weighted by Crippen LogP contribution is -1.99. The quantitative estimate of drug-likeness (QED) is 0.286. The molecule has 0 unspecified atom stereocenters. The van der Waals surface area contributed by atoms with Gasteiger partial charge in [0.15, 0.2) is 11.0 Å². The first-order valence-corrected chi connectivity index (χ1v) is 12.6. The van der Waals surface area contributed by atoms with Crippen molar-refractivity contribution in [3.63, 3.8) is 0 Å². The topological polar surface area (TPSA) is 43.6 Å². The number of thiazole rings is 1. The van der Waals surface area contributed by atoms with Crippen LogP contribution < -0.4 is 0 Å². The Kier molecular flexibility index (Phi) is 6.47. The van der Waals surface area contributed by atoms with Gasteiger partial charge in [0.1, 0.15) is 5.01 Å². The second-order valence-electron chi connectivity index (χ2n) is 6.90. The minimum Gasteiger partial charge on any atom is -0.302 e. The molecule has 1 aromatic carbocycles. The fraction of sp³-hybridized carbons (Fsp3) is 0.318. The smallest absolute Gasteiger partial charge is 0.191 e. The number of thioether (sulfide) groups is 1. The highest BCUT2D eigenvalue weighted by molar-refractivity contribution is 7.98. The Morgan fingerprint density at radius 2 is 1.93 bits per heavy atom. The van der Waals surface area contributed by atoms with Crippen molar-refractivity contribution in [2.24, 2.45) is 0 Å². The van der Waals surface area contributed by atoms with E-state index in [9.17, 15) is 0 Å². The third-order valence-corrected chi connectivity index (χ3v) is 7.54. The first kappa shape index (κ1) is 20.3. The maximum atomic E-state index is 4.82. The summed E-state index contributed by atoms with van der Waals surface area (Å²) in [6.45, 7) is 7.33. The van der Waals surface area contributed by atoms with Crippen LogP contribution in [0, 0.1) is 6.92 Å². The van der Waals surface area contributed by atoms with Gasteiger partial charge in [0.05, 0.1) is 5.69 Å². The molecule has 4 nitrogen and oxygen atoms in total. The van der Waals surface area contributed by atoms with Crippen LogP contribution in [0.5, 0.6) is 0 Å². The Bertz CT molecular complexity index is 1090. The van der Waals surface area contributed by atoms with E-state index in [2.05, 4.69) is 76.6 Å². The summed E-state index contributed by atoms with van der Waals surface area (Å²) in [7, 11) is 0. The fourth-order valence-electron chi connectivity index (χ4n) is 3.19. The number of hydrogen-bond donors (Lipinski definition) is 0. The van der Waals surface area contributed by atoms with Crippen molar-refractivity contribution in [1.29, 1.82) is 0 Å². The maximum Gasteiger partial charge on any atom is 0.191 e. The third-order valence-electron chi connectivity index (χ3n) is 4.61. The zero-order valence-corrected chi connectivity index (χ0v) is 19.3. The normalized spacial score (nSPS) is 11.3. The summed E-state index contributed by atoms with van der Waals surface area (Å²) in [4.78, 5) is 6.23. The molecule has 150 valence electrons. The predicted molar refractivity (Wildman–Crippen MR) is 125 cm³/mol. The lowest BCUT2D eigenvalue weighted by Gasteiger charge is -2.05. The van der Waals surface area contributed by atoms with Crippen LogP contribution in [-0.4, -0.2) is 19.7 Å². The van der Waals surface area contributed by atoms with Gasteiger partial charge in [-0.1, -0.05) is 48.9 Å². The van der Waals surface area contributed by atoms with Crippen LogP contribution in [0.25, 0.3) is 22.0 Å². The van der Waals surface area contributed by atoms with Gasteiger partial charge < -0.3 is 4.57 Å². The van der Waals surface area contributed by atoms with Crippen LogP contribution in [0.3, 0.4) is 0 Å². The van der Waals surface area contributed by atoms with Gasteiger partial charge in [-0.15, -0.1) is 32.9 Å². The number of benzene rings is 1. The van der Waals surface area contributed by atoms with E-state index in [1.807, 2.05) is 11.3 Å². The molecule has 3 heterocycles. The standard InChI is InChI=1S/C22H24N4S3/c1-4-7-19-11-17(12-27-19)20-24-25-22(26(20)5-2)29-14-18-13-28-21(23-18)16-9-6-8-15(3)10-16/h6,8-13H,4-5,7,14H2,1-3H3. The zero-order valence-electron chi connectivity index (χ0n) is 16.9. The van der Waals surface area contributed by atoms with Gasteiger partial charge in [-0.05, 0) is 32.4 Å². The van der Waals surface area contributed by atoms with E-state index in [0.717, 1.165) is 40.4 Å². The summed E-state index contributed by atoms with van der Waals surface area (Å²) in [6, 6.07) is 10.8. The Hall–Kier alpha value is -1.96. The van der Waals surface area contributed by atoms with Crippen LogP contribution in [0.2, 0.25) is 0 Å². The highest BCUT2D eigenvalue weighted by atomic mass is 32.2. The van der Waals surface area contributed by atoms with Crippen molar-refractivity contribution < 1.29 is 0 Å². The van der Waals surface area contributed by atoms with E-state index >= 15 is 0 Å². The summed E-state index contributed by atoms with van der Waals surface area (Å²) >= 11 is 5.22. The molecule has 29 heavy (non-hydrogen) atoms. The molecule has 0 aliphatic carbocycles. The van der Waals surface area contributed by atoms with Gasteiger partial charge in [-0.3, -0.25) is 0 Å². The number of hydrogen-bond acceptors (Lipinski definition) is 6. The van der Waals surface area contributed by atoms with Gasteiger partial charge >= 0.3 is 0 Å². The van der Waals surface area contributed by atoms with Gasteiger partial charge in [0.2, 0.25) is 0 Å². The maximum absolute atomic E-state index is 4.82. The number of aryl methyl sites for hydroxylation is 2. The van der Waals surface area contributed by atoms with Crippen molar-refractivity contribution in [2.75, 3.05) is 0 Å². The average molecular weight is 441 g/mol. The van der Waals surface area contributed by atoms with E-state index in [0.29, 0.717) is 0 Å². The summed E-state index contributed by atoms with van der Waals surface area (Å²) in [5.74, 6) is 1.76. The molecule has 0 spiro atoms. The molecule has 0 N–H and O–H groups in total. The molecule has 0 radical (unpaired) electrons. The summed E-state index contributed by atoms with van der Waals surface area (Å²) in [5.41, 5.74) is 4.71. The molecule has 4 aromatic rings. The molecular formula is C22H24N4S3. The molecule has 0 saturated heterocycles. The lowest BCUT2D eigenvalue weighted by molar-refractivity contribution is 0.687. The van der Waals surface area contributed by atoms with Crippen molar-refractivity contribution in [2.45, 2.75) is 51.1 Å². The molecular weight excluding hydrogens is 416 g/mol. The molecule has 4 rings (SSSR count). The van der Waals surface area contributed by atoms with E-state index in [4.69, 9.17) is 4.98 Å². The molecule has 0 amide bonds. The average Bonchev–Trinajstić information content (AvgIpc) is 3.45. The van der Waals surface area contributed by atoms with Crippen LogP contribution >= 0.6 is 34.4 Å². The van der Waals surface area contributed by atoms with Crippen molar-refractivity contribution in [3.8, 4) is 22.0 Å². The summed E-state index contributed by atoms with van der Waals surface area (Å²) < 4.78 is 2.20. The molecule has 0 aliphatic rings. The van der Waals surface area contributed by atoms with Crippen molar-refractivity contribution in [1.82, 2.24) is 19.7 Å². The van der Waals surface area contributed by atoms with Crippen LogP contribution in [0.15, 0.2) is 46.2 Å². The summed E-state index contributed by atoms with van der Waals surface area (Å²) in [5, 5.41) is 15.3. The van der Waals surface area contributed by atoms with Gasteiger partial charge in [0.25, 0.3) is 0 Å². The minimum atomic E-state index is 0.797.